The Balaban J connectivity index is 4.37. The Labute approximate surface area is 279 Å². The van der Waals surface area contributed by atoms with Gasteiger partial charge in [-0.25, -0.2) is 0 Å². The quantitative estimate of drug-likeness (QED) is 0.0393. The Kier molecular flexibility index (Phi) is 31.5. The molecule has 0 rings (SSSR count). The van der Waals surface area contributed by atoms with Gasteiger partial charge in [-0.3, -0.25) is 0 Å². The molecule has 45 heavy (non-hydrogen) atoms. The molecule has 0 aliphatic rings. The fourth-order valence-electron chi connectivity index (χ4n) is 5.70. The van der Waals surface area contributed by atoms with Crippen molar-refractivity contribution in [1.82, 2.24) is 0 Å². The lowest BCUT2D eigenvalue weighted by Crippen LogP contribution is -2.21. The fraction of sp³-hybridized carbons (Fsp3) is 0.895. The summed E-state index contributed by atoms with van der Waals surface area (Å²) in [5, 5.41) is 0. The Morgan fingerprint density at radius 1 is 0.400 bits per heavy atom. The van der Waals surface area contributed by atoms with Crippen LogP contribution in [-0.4, -0.2) is 54.2 Å². The molecule has 0 radical (unpaired) electrons. The molecular formula is C38H74O7. The molecule has 7 heteroatoms. The molecule has 0 aliphatic heterocycles. The number of hydrogen-bond donors (Lipinski definition) is 0. The number of allylic oxidation sites excluding steroid dienone is 2. The van der Waals surface area contributed by atoms with Crippen molar-refractivity contribution in [1.29, 1.82) is 0 Å². The first-order chi connectivity index (χ1) is 22.0. The van der Waals surface area contributed by atoms with E-state index in [9.17, 15) is 0 Å². The molecule has 0 aromatic rings. The van der Waals surface area contributed by atoms with Gasteiger partial charge in [0.25, 0.3) is 0 Å². The van der Waals surface area contributed by atoms with Crippen LogP contribution in [0.1, 0.15) is 169 Å². The highest BCUT2D eigenvalue weighted by atomic mass is 16.7. The summed E-state index contributed by atoms with van der Waals surface area (Å²) >= 11 is 0. The predicted molar refractivity (Wildman–Crippen MR) is 187 cm³/mol. The summed E-state index contributed by atoms with van der Waals surface area (Å²) in [5.41, 5.74) is 0. The lowest BCUT2D eigenvalue weighted by atomic mass is 10.1. The summed E-state index contributed by atoms with van der Waals surface area (Å²) in [5.74, 6) is 3.12. The molecule has 0 fully saturated rings. The molecule has 7 nitrogen and oxygen atoms in total. The smallest absolute Gasteiger partial charge is 0.162 e. The standard InChI is InChI=1S/C38H74O7/c1-9-11-13-15-17-19-21-23-25-27-29-35(39-5)37(41-7)33(3)44-31-43-32-45-34(4)38(42-8)36(40-6)30-28-26-24-22-20-18-16-14-12-10-2/h33-34H,9-32H2,1-8H3. The number of hydrogen-bond acceptors (Lipinski definition) is 7. The third-order valence-electron chi connectivity index (χ3n) is 8.54. The molecule has 0 saturated carbocycles. The maximum atomic E-state index is 5.90. The second-order valence-electron chi connectivity index (χ2n) is 12.3. The van der Waals surface area contributed by atoms with E-state index < -0.39 is 0 Å². The zero-order chi connectivity index (χ0) is 33.4. The monoisotopic (exact) mass is 643 g/mol. The van der Waals surface area contributed by atoms with Crippen molar-refractivity contribution in [3.05, 3.63) is 23.0 Å². The molecule has 2 unspecified atom stereocenters. The van der Waals surface area contributed by atoms with Gasteiger partial charge in [0.2, 0.25) is 0 Å². The molecule has 268 valence electrons. The first kappa shape index (κ1) is 43.6. The number of rotatable bonds is 34. The Morgan fingerprint density at radius 2 is 0.689 bits per heavy atom. The maximum absolute atomic E-state index is 5.90. The fourth-order valence-corrected chi connectivity index (χ4v) is 5.70. The number of ether oxygens (including phenoxy) is 7. The highest BCUT2D eigenvalue weighted by Crippen LogP contribution is 2.22. The molecule has 0 heterocycles. The molecule has 0 bridgehead atoms. The highest BCUT2D eigenvalue weighted by Gasteiger charge is 2.19. The van der Waals surface area contributed by atoms with Crippen LogP contribution in [0.3, 0.4) is 0 Å². The van der Waals surface area contributed by atoms with Gasteiger partial charge < -0.3 is 33.2 Å². The third kappa shape index (κ3) is 23.5. The Bertz CT molecular complexity index is 648. The summed E-state index contributed by atoms with van der Waals surface area (Å²) in [6, 6.07) is 0. The molecule has 2 atom stereocenters. The van der Waals surface area contributed by atoms with E-state index in [0.717, 1.165) is 37.2 Å². The average Bonchev–Trinajstić information content (AvgIpc) is 3.05. The molecule has 0 aromatic heterocycles. The van der Waals surface area contributed by atoms with Crippen molar-refractivity contribution < 1.29 is 33.2 Å². The van der Waals surface area contributed by atoms with Crippen molar-refractivity contribution in [2.45, 2.75) is 181 Å². The summed E-state index contributed by atoms with van der Waals surface area (Å²) < 4.78 is 40.2. The van der Waals surface area contributed by atoms with E-state index in [-0.39, 0.29) is 25.8 Å². The topological polar surface area (TPSA) is 64.6 Å². The van der Waals surface area contributed by atoms with Crippen molar-refractivity contribution in [2.75, 3.05) is 42.0 Å². The minimum atomic E-state index is -0.291. The lowest BCUT2D eigenvalue weighted by Gasteiger charge is -2.21. The van der Waals surface area contributed by atoms with Gasteiger partial charge in [0.05, 0.1) is 28.4 Å². The summed E-state index contributed by atoms with van der Waals surface area (Å²) in [6.45, 7) is 8.60. The maximum Gasteiger partial charge on any atom is 0.162 e. The van der Waals surface area contributed by atoms with E-state index in [2.05, 4.69) is 13.8 Å². The van der Waals surface area contributed by atoms with Gasteiger partial charge >= 0.3 is 0 Å². The number of methoxy groups -OCH3 is 4. The van der Waals surface area contributed by atoms with Crippen LogP contribution in [0.25, 0.3) is 0 Å². The van der Waals surface area contributed by atoms with Crippen molar-refractivity contribution in [3.8, 4) is 0 Å². The van der Waals surface area contributed by atoms with E-state index in [1.165, 1.54) is 116 Å². The minimum Gasteiger partial charge on any atom is -0.497 e. The van der Waals surface area contributed by atoms with E-state index in [4.69, 9.17) is 33.2 Å². The first-order valence-corrected chi connectivity index (χ1v) is 18.4. The van der Waals surface area contributed by atoms with Crippen LogP contribution in [0, 0.1) is 0 Å². The van der Waals surface area contributed by atoms with Gasteiger partial charge in [-0.05, 0) is 26.7 Å². The van der Waals surface area contributed by atoms with Crippen molar-refractivity contribution in [2.24, 2.45) is 0 Å². The summed E-state index contributed by atoms with van der Waals surface area (Å²) in [7, 11) is 6.74. The van der Waals surface area contributed by atoms with E-state index >= 15 is 0 Å². The zero-order valence-electron chi connectivity index (χ0n) is 31.0. The van der Waals surface area contributed by atoms with Gasteiger partial charge in [0.15, 0.2) is 25.1 Å². The molecule has 0 aromatic carbocycles. The largest absolute Gasteiger partial charge is 0.497 e. The zero-order valence-corrected chi connectivity index (χ0v) is 31.0. The van der Waals surface area contributed by atoms with Crippen molar-refractivity contribution in [3.63, 3.8) is 0 Å². The SMILES string of the molecule is CCCCCCCCCCCCC(OC)=C(OC)C(C)OCOCOC(C)C(OC)=C(CCCCCCCCCCCC)OC. The van der Waals surface area contributed by atoms with Crippen LogP contribution < -0.4 is 0 Å². The third-order valence-corrected chi connectivity index (χ3v) is 8.54. The van der Waals surface area contributed by atoms with Crippen LogP contribution in [0.15, 0.2) is 23.0 Å². The highest BCUT2D eigenvalue weighted by molar-refractivity contribution is 5.07. The van der Waals surface area contributed by atoms with E-state index in [1.54, 1.807) is 28.4 Å². The Morgan fingerprint density at radius 3 is 0.956 bits per heavy atom. The lowest BCUT2D eigenvalue weighted by molar-refractivity contribution is -0.159. The average molecular weight is 643 g/mol. The number of unbranched alkanes of at least 4 members (excludes halogenated alkanes) is 18. The van der Waals surface area contributed by atoms with Crippen LogP contribution in [-0.2, 0) is 33.2 Å². The van der Waals surface area contributed by atoms with Gasteiger partial charge in [0.1, 0.15) is 23.7 Å². The van der Waals surface area contributed by atoms with Gasteiger partial charge in [-0.1, -0.05) is 129 Å². The van der Waals surface area contributed by atoms with Crippen LogP contribution in [0.4, 0.5) is 0 Å². The summed E-state index contributed by atoms with van der Waals surface area (Å²) in [4.78, 5) is 0. The molecule has 0 amide bonds. The van der Waals surface area contributed by atoms with Gasteiger partial charge in [0, 0.05) is 12.8 Å². The predicted octanol–water partition coefficient (Wildman–Crippen LogP) is 11.4. The summed E-state index contributed by atoms with van der Waals surface area (Å²) in [6.07, 6.45) is 27.2. The molecule has 0 aliphatic carbocycles. The Hall–Kier alpha value is -1.44. The van der Waals surface area contributed by atoms with Crippen molar-refractivity contribution >= 4 is 0 Å². The van der Waals surface area contributed by atoms with Gasteiger partial charge in [-0.2, -0.15) is 0 Å². The van der Waals surface area contributed by atoms with E-state index in [1.807, 2.05) is 13.8 Å². The van der Waals surface area contributed by atoms with Crippen LogP contribution in [0.5, 0.6) is 0 Å². The first-order valence-electron chi connectivity index (χ1n) is 18.4. The second-order valence-corrected chi connectivity index (χ2v) is 12.3. The second kappa shape index (κ2) is 32.5. The molecule has 0 spiro atoms. The minimum absolute atomic E-state index is 0.0811. The van der Waals surface area contributed by atoms with Crippen LogP contribution >= 0.6 is 0 Å². The van der Waals surface area contributed by atoms with Crippen LogP contribution in [0.2, 0.25) is 0 Å². The molecule has 0 N–H and O–H groups in total. The normalized spacial score (nSPS) is 14.0. The van der Waals surface area contributed by atoms with E-state index in [0.29, 0.717) is 11.5 Å². The molecule has 0 saturated heterocycles. The molecular weight excluding hydrogens is 568 g/mol. The van der Waals surface area contributed by atoms with Gasteiger partial charge in [-0.15, -0.1) is 0 Å².